The standard InChI is InChI=1S/C23H18N2O3S/c1-13-15-10-16(17-11-18(25-24-17)21-8-5-9-29-21)19(26)12-20(15)28-23(13)22(27)14-6-3-2-4-7-14/h2-10,12,18,25-26H,11H2,1H3. The van der Waals surface area contributed by atoms with Gasteiger partial charge in [-0.15, -0.1) is 11.3 Å². The van der Waals surface area contributed by atoms with Crippen LogP contribution in [0, 0.1) is 6.92 Å². The molecule has 1 atom stereocenters. The number of rotatable bonds is 4. The molecule has 0 saturated carbocycles. The fourth-order valence-corrected chi connectivity index (χ4v) is 4.46. The van der Waals surface area contributed by atoms with Crippen LogP contribution in [0.4, 0.5) is 0 Å². The molecule has 3 heterocycles. The lowest BCUT2D eigenvalue weighted by Crippen LogP contribution is -2.07. The summed E-state index contributed by atoms with van der Waals surface area (Å²) in [7, 11) is 0. The van der Waals surface area contributed by atoms with Crippen LogP contribution >= 0.6 is 11.3 Å². The van der Waals surface area contributed by atoms with E-state index in [-0.39, 0.29) is 17.6 Å². The zero-order valence-corrected chi connectivity index (χ0v) is 16.5. The number of benzene rings is 2. The number of fused-ring (bicyclic) bond motifs is 1. The number of thiophene rings is 1. The van der Waals surface area contributed by atoms with Crippen molar-refractivity contribution in [1.29, 1.82) is 0 Å². The number of hydrogen-bond acceptors (Lipinski definition) is 6. The van der Waals surface area contributed by atoms with Crippen LogP contribution in [0.2, 0.25) is 0 Å². The van der Waals surface area contributed by atoms with E-state index in [1.165, 1.54) is 4.88 Å². The third-order valence-corrected chi connectivity index (χ3v) is 6.23. The van der Waals surface area contributed by atoms with Crippen molar-refractivity contribution >= 4 is 33.8 Å². The molecule has 2 N–H and O–H groups in total. The van der Waals surface area contributed by atoms with Crippen LogP contribution in [0.3, 0.4) is 0 Å². The molecule has 29 heavy (non-hydrogen) atoms. The van der Waals surface area contributed by atoms with E-state index in [2.05, 4.69) is 16.6 Å². The molecule has 1 aliphatic rings. The van der Waals surface area contributed by atoms with Gasteiger partial charge in [0.05, 0.1) is 11.8 Å². The minimum Gasteiger partial charge on any atom is -0.507 e. The molecular weight excluding hydrogens is 384 g/mol. The van der Waals surface area contributed by atoms with Gasteiger partial charge in [-0.3, -0.25) is 4.79 Å². The van der Waals surface area contributed by atoms with Crippen LogP contribution in [0.5, 0.6) is 5.75 Å². The second kappa shape index (κ2) is 6.90. The lowest BCUT2D eigenvalue weighted by molar-refractivity contribution is 0.101. The maximum absolute atomic E-state index is 12.8. The zero-order valence-electron chi connectivity index (χ0n) is 15.7. The Morgan fingerprint density at radius 2 is 2.03 bits per heavy atom. The Morgan fingerprint density at radius 3 is 2.79 bits per heavy atom. The molecule has 0 aliphatic carbocycles. The van der Waals surface area contributed by atoms with Crippen LogP contribution in [-0.4, -0.2) is 16.6 Å². The normalized spacial score (nSPS) is 16.0. The van der Waals surface area contributed by atoms with Crippen molar-refractivity contribution < 1.29 is 14.3 Å². The van der Waals surface area contributed by atoms with Gasteiger partial charge in [-0.2, -0.15) is 5.10 Å². The summed E-state index contributed by atoms with van der Waals surface area (Å²) in [5, 5.41) is 17.9. The van der Waals surface area contributed by atoms with Crippen molar-refractivity contribution in [3.63, 3.8) is 0 Å². The number of carbonyl (C=O) groups is 1. The second-order valence-electron chi connectivity index (χ2n) is 7.08. The summed E-state index contributed by atoms with van der Waals surface area (Å²) in [6.07, 6.45) is 0.687. The van der Waals surface area contributed by atoms with Crippen molar-refractivity contribution in [3.8, 4) is 5.75 Å². The monoisotopic (exact) mass is 402 g/mol. The first-order chi connectivity index (χ1) is 14.1. The zero-order chi connectivity index (χ0) is 20.0. The van der Waals surface area contributed by atoms with Gasteiger partial charge in [0.15, 0.2) is 5.76 Å². The molecule has 0 spiro atoms. The van der Waals surface area contributed by atoms with Gasteiger partial charge in [0.2, 0.25) is 5.78 Å². The largest absolute Gasteiger partial charge is 0.507 e. The Morgan fingerprint density at radius 1 is 1.21 bits per heavy atom. The number of furan rings is 1. The maximum atomic E-state index is 12.8. The van der Waals surface area contributed by atoms with Crippen LogP contribution in [0.1, 0.15) is 44.6 Å². The van der Waals surface area contributed by atoms with Crippen LogP contribution < -0.4 is 5.43 Å². The molecule has 1 unspecified atom stereocenters. The number of hydrogen-bond donors (Lipinski definition) is 2. The minimum absolute atomic E-state index is 0.0948. The SMILES string of the molecule is Cc1c(C(=O)c2ccccc2)oc2cc(O)c(C3=NNC(c4cccs4)C3)cc12. The first kappa shape index (κ1) is 17.7. The van der Waals surface area contributed by atoms with Gasteiger partial charge >= 0.3 is 0 Å². The quantitative estimate of drug-likeness (QED) is 0.461. The predicted molar refractivity (Wildman–Crippen MR) is 114 cm³/mol. The van der Waals surface area contributed by atoms with E-state index < -0.39 is 0 Å². The smallest absolute Gasteiger partial charge is 0.228 e. The highest BCUT2D eigenvalue weighted by atomic mass is 32.1. The predicted octanol–water partition coefficient (Wildman–Crippen LogP) is 5.18. The van der Waals surface area contributed by atoms with E-state index in [0.717, 1.165) is 16.7 Å². The lowest BCUT2D eigenvalue weighted by atomic mass is 9.99. The van der Waals surface area contributed by atoms with E-state index in [1.54, 1.807) is 29.5 Å². The van der Waals surface area contributed by atoms with Crippen molar-refractivity contribution in [2.75, 3.05) is 0 Å². The number of nitrogens with zero attached hydrogens (tertiary/aromatic N) is 1. The molecule has 144 valence electrons. The van der Waals surface area contributed by atoms with Gasteiger partial charge < -0.3 is 14.9 Å². The second-order valence-corrected chi connectivity index (χ2v) is 8.06. The molecule has 0 bridgehead atoms. The number of aromatic hydroxyl groups is 1. The summed E-state index contributed by atoms with van der Waals surface area (Å²) in [4.78, 5) is 14.1. The van der Waals surface area contributed by atoms with Gasteiger partial charge in [-0.05, 0) is 24.4 Å². The number of hydrazone groups is 1. The van der Waals surface area contributed by atoms with E-state index in [1.807, 2.05) is 42.6 Å². The first-order valence-corrected chi connectivity index (χ1v) is 10.2. The maximum Gasteiger partial charge on any atom is 0.228 e. The van der Waals surface area contributed by atoms with E-state index in [4.69, 9.17) is 4.42 Å². The van der Waals surface area contributed by atoms with Crippen LogP contribution in [0.15, 0.2) is 69.5 Å². The molecular formula is C23H18N2O3S. The summed E-state index contributed by atoms with van der Waals surface area (Å²) in [6, 6.07) is 16.7. The number of phenolic OH excluding ortho intramolecular Hbond substituents is 1. The number of carbonyl (C=O) groups excluding carboxylic acids is 1. The third kappa shape index (κ3) is 3.02. The Bertz CT molecular complexity index is 1240. The topological polar surface area (TPSA) is 74.8 Å². The summed E-state index contributed by atoms with van der Waals surface area (Å²) < 4.78 is 5.83. The number of nitrogens with one attached hydrogen (secondary N) is 1. The number of aryl methyl sites for hydroxylation is 1. The van der Waals surface area contributed by atoms with E-state index in [0.29, 0.717) is 28.9 Å². The molecule has 1 aliphatic heterocycles. The van der Waals surface area contributed by atoms with Gasteiger partial charge in [0.1, 0.15) is 11.3 Å². The van der Waals surface area contributed by atoms with Gasteiger partial charge in [0.25, 0.3) is 0 Å². The van der Waals surface area contributed by atoms with Crippen molar-refractivity contribution in [1.82, 2.24) is 5.43 Å². The average Bonchev–Trinajstić information content (AvgIpc) is 3.48. The van der Waals surface area contributed by atoms with Crippen LogP contribution in [-0.2, 0) is 0 Å². The Hall–Kier alpha value is -3.38. The number of phenols is 1. The highest BCUT2D eigenvalue weighted by molar-refractivity contribution is 7.10. The Labute approximate surface area is 171 Å². The van der Waals surface area contributed by atoms with Crippen molar-refractivity contribution in [2.45, 2.75) is 19.4 Å². The molecule has 5 nitrogen and oxygen atoms in total. The molecule has 4 aromatic rings. The highest BCUT2D eigenvalue weighted by Crippen LogP contribution is 2.35. The molecule has 0 fully saturated rings. The fraction of sp³-hybridized carbons (Fsp3) is 0.130. The molecule has 5 rings (SSSR count). The average molecular weight is 402 g/mol. The summed E-state index contributed by atoms with van der Waals surface area (Å²) in [5.74, 6) is 0.223. The van der Waals surface area contributed by atoms with Crippen molar-refractivity contribution in [2.24, 2.45) is 5.10 Å². The van der Waals surface area contributed by atoms with Gasteiger partial charge in [-0.25, -0.2) is 0 Å². The van der Waals surface area contributed by atoms with Crippen molar-refractivity contribution in [3.05, 3.63) is 87.3 Å². The Balaban J connectivity index is 1.52. The molecule has 2 aromatic heterocycles. The highest BCUT2D eigenvalue weighted by Gasteiger charge is 2.26. The molecule has 2 aromatic carbocycles. The molecule has 0 amide bonds. The fourth-order valence-electron chi connectivity index (χ4n) is 3.69. The van der Waals surface area contributed by atoms with Gasteiger partial charge in [0, 0.05) is 39.4 Å². The third-order valence-electron chi connectivity index (χ3n) is 5.25. The van der Waals surface area contributed by atoms with Crippen LogP contribution in [0.25, 0.3) is 11.0 Å². The molecule has 0 radical (unpaired) electrons. The van der Waals surface area contributed by atoms with E-state index in [9.17, 15) is 9.90 Å². The molecule has 0 saturated heterocycles. The summed E-state index contributed by atoms with van der Waals surface area (Å²) >= 11 is 1.68. The number of ketones is 1. The minimum atomic E-state index is -0.169. The summed E-state index contributed by atoms with van der Waals surface area (Å²) in [6.45, 7) is 1.87. The Kier molecular flexibility index (Phi) is 4.21. The molecule has 6 heteroatoms. The lowest BCUT2D eigenvalue weighted by Gasteiger charge is -2.07. The van der Waals surface area contributed by atoms with E-state index >= 15 is 0 Å². The van der Waals surface area contributed by atoms with Gasteiger partial charge in [-0.1, -0.05) is 36.4 Å². The first-order valence-electron chi connectivity index (χ1n) is 9.33. The summed E-state index contributed by atoms with van der Waals surface area (Å²) in [5.41, 5.74) is 6.42.